The molecule has 1 aromatic rings. The molecular weight excluding hydrogens is 364 g/mol. The van der Waals surface area contributed by atoms with Crippen LogP contribution in [0.15, 0.2) is 18.2 Å². The van der Waals surface area contributed by atoms with E-state index in [1.165, 1.54) is 12.1 Å². The van der Waals surface area contributed by atoms with Crippen LogP contribution in [0.3, 0.4) is 0 Å². The normalized spacial score (nSPS) is 16.0. The minimum absolute atomic E-state index is 0.107. The molecule has 0 bridgehead atoms. The lowest BCUT2D eigenvalue weighted by atomic mass is 10.0. The molecule has 0 amide bonds. The van der Waals surface area contributed by atoms with E-state index in [-0.39, 0.29) is 12.2 Å². The molecule has 0 aromatic heterocycles. The molecule has 0 fully saturated rings. The second-order valence-electron chi connectivity index (χ2n) is 5.47. The summed E-state index contributed by atoms with van der Waals surface area (Å²) in [5, 5.41) is 0. The predicted octanol–water partition coefficient (Wildman–Crippen LogP) is 0.124. The molecule has 0 atom stereocenters. The van der Waals surface area contributed by atoms with Crippen molar-refractivity contribution in [2.24, 2.45) is 0 Å². The first-order valence-corrected chi connectivity index (χ1v) is 12.2. The summed E-state index contributed by atoms with van der Waals surface area (Å²) in [7, 11) is -11.7. The molecule has 0 radical (unpaired) electrons. The molecule has 1 aliphatic heterocycles. The third-order valence-electron chi connectivity index (χ3n) is 3.36. The molecular formula is C12H18N2O6S3. The highest BCUT2D eigenvalue weighted by atomic mass is 32.3. The summed E-state index contributed by atoms with van der Waals surface area (Å²) in [6.45, 7) is 0.271. The number of nitrogens with zero attached hydrogens (tertiary/aromatic N) is 2. The van der Waals surface area contributed by atoms with Crippen molar-refractivity contribution in [1.29, 1.82) is 0 Å². The van der Waals surface area contributed by atoms with Crippen LogP contribution in [-0.2, 0) is 36.5 Å². The van der Waals surface area contributed by atoms with E-state index in [1.54, 1.807) is 6.07 Å². The first-order valence-electron chi connectivity index (χ1n) is 6.63. The average Bonchev–Trinajstić information content (AvgIpc) is 2.33. The van der Waals surface area contributed by atoms with Crippen LogP contribution in [0.1, 0.15) is 12.0 Å². The van der Waals surface area contributed by atoms with Crippen LogP contribution < -0.4 is 8.02 Å². The van der Waals surface area contributed by atoms with Crippen molar-refractivity contribution in [3.05, 3.63) is 23.8 Å². The number of aryl methyl sites for hydroxylation is 1. The number of fused-ring (bicyclic) bond motifs is 1. The highest BCUT2D eigenvalue weighted by Gasteiger charge is 2.30. The van der Waals surface area contributed by atoms with Gasteiger partial charge < -0.3 is 0 Å². The summed E-state index contributed by atoms with van der Waals surface area (Å²) in [4.78, 5) is 0. The third-order valence-corrected chi connectivity index (χ3v) is 7.79. The van der Waals surface area contributed by atoms with Crippen LogP contribution in [0.25, 0.3) is 0 Å². The molecule has 130 valence electrons. The molecule has 0 N–H and O–H groups in total. The Balaban J connectivity index is 2.69. The van der Waals surface area contributed by atoms with Gasteiger partial charge in [0.15, 0.2) is 0 Å². The summed E-state index contributed by atoms with van der Waals surface area (Å²) < 4.78 is 72.6. The maximum atomic E-state index is 11.9. The fourth-order valence-corrected chi connectivity index (χ4v) is 6.56. The molecule has 0 saturated heterocycles. The molecule has 2 rings (SSSR count). The second-order valence-corrected chi connectivity index (χ2v) is 11.3. The van der Waals surface area contributed by atoms with Crippen molar-refractivity contribution in [1.82, 2.24) is 0 Å². The highest BCUT2D eigenvalue weighted by molar-refractivity contribution is 8.09. The summed E-state index contributed by atoms with van der Waals surface area (Å²) in [6, 6.07) is 4.22. The Morgan fingerprint density at radius 1 is 0.957 bits per heavy atom. The maximum absolute atomic E-state index is 11.9. The Bertz CT molecular complexity index is 903. The first kappa shape index (κ1) is 18.0. The average molecular weight is 382 g/mol. The van der Waals surface area contributed by atoms with Gasteiger partial charge in [-0.1, -0.05) is 6.07 Å². The minimum atomic E-state index is -4.08. The van der Waals surface area contributed by atoms with E-state index in [2.05, 4.69) is 0 Å². The Kier molecular flexibility index (Phi) is 4.41. The number of rotatable bonds is 4. The largest absolute Gasteiger partial charge is 0.270 e. The van der Waals surface area contributed by atoms with E-state index in [9.17, 15) is 25.3 Å². The van der Waals surface area contributed by atoms with E-state index in [0.29, 0.717) is 22.2 Å². The van der Waals surface area contributed by atoms with Crippen LogP contribution >= 0.6 is 0 Å². The van der Waals surface area contributed by atoms with Crippen LogP contribution in [0.5, 0.6) is 0 Å². The van der Waals surface area contributed by atoms with E-state index in [0.717, 1.165) is 28.6 Å². The Labute approximate surface area is 136 Å². The number of benzene rings is 1. The minimum Gasteiger partial charge on any atom is -0.270 e. The molecule has 0 saturated carbocycles. The lowest BCUT2D eigenvalue weighted by Crippen LogP contribution is -2.37. The van der Waals surface area contributed by atoms with Crippen molar-refractivity contribution in [3.8, 4) is 0 Å². The summed E-state index contributed by atoms with van der Waals surface area (Å²) >= 11 is 0. The van der Waals surface area contributed by atoms with Gasteiger partial charge in [0, 0.05) is 6.54 Å². The first-order chi connectivity index (χ1) is 10.3. The lowest BCUT2D eigenvalue weighted by Gasteiger charge is -2.30. The Hall–Kier alpha value is -1.33. The Morgan fingerprint density at radius 3 is 2.00 bits per heavy atom. The van der Waals surface area contributed by atoms with E-state index in [4.69, 9.17) is 0 Å². The number of hydrogen-bond acceptors (Lipinski definition) is 6. The molecule has 11 heteroatoms. The molecule has 8 nitrogen and oxygen atoms in total. The van der Waals surface area contributed by atoms with Gasteiger partial charge in [-0.25, -0.2) is 25.3 Å². The number of hydrogen-bond donors (Lipinski definition) is 0. The van der Waals surface area contributed by atoms with Crippen LogP contribution in [-0.4, -0.2) is 50.6 Å². The third kappa shape index (κ3) is 3.78. The van der Waals surface area contributed by atoms with Gasteiger partial charge >= 0.3 is 0 Å². The van der Waals surface area contributed by atoms with Gasteiger partial charge in [0.2, 0.25) is 30.1 Å². The lowest BCUT2D eigenvalue weighted by molar-refractivity contribution is 0.590. The molecule has 0 aliphatic carbocycles. The monoisotopic (exact) mass is 382 g/mol. The standard InChI is InChI=1S/C12H18N2O6S3/c1-21(15,16)13-8-4-5-10-6-7-11(9-12(10)13)14(22(2,17)18)23(3,19)20/h6-7,9H,4-5,8H2,1-3H3. The fraction of sp³-hybridized carbons (Fsp3) is 0.500. The number of sulfonamides is 3. The topological polar surface area (TPSA) is 109 Å². The highest BCUT2D eigenvalue weighted by Crippen LogP contribution is 2.34. The van der Waals surface area contributed by atoms with Crippen molar-refractivity contribution in [2.75, 3.05) is 33.3 Å². The van der Waals surface area contributed by atoms with Crippen LogP contribution in [0.2, 0.25) is 0 Å². The summed E-state index contributed by atoms with van der Waals surface area (Å²) in [5.41, 5.74) is 0.935. The van der Waals surface area contributed by atoms with Gasteiger partial charge in [-0.3, -0.25) is 4.31 Å². The SMILES string of the molecule is CS(=O)(=O)N1CCCc2ccc(N(S(C)(=O)=O)S(C)(=O)=O)cc21. The van der Waals surface area contributed by atoms with Crippen molar-refractivity contribution < 1.29 is 25.3 Å². The summed E-state index contributed by atoms with van der Waals surface area (Å²) in [6.07, 6.45) is 3.89. The fourth-order valence-electron chi connectivity index (χ4n) is 2.62. The van der Waals surface area contributed by atoms with Gasteiger partial charge in [0.25, 0.3) is 0 Å². The van der Waals surface area contributed by atoms with Gasteiger partial charge in [0.1, 0.15) is 0 Å². The van der Waals surface area contributed by atoms with Gasteiger partial charge in [-0.15, -0.1) is 0 Å². The zero-order valence-electron chi connectivity index (χ0n) is 12.9. The molecule has 0 spiro atoms. The molecule has 23 heavy (non-hydrogen) atoms. The molecule has 0 unspecified atom stereocenters. The maximum Gasteiger partial charge on any atom is 0.245 e. The van der Waals surface area contributed by atoms with E-state index >= 15 is 0 Å². The van der Waals surface area contributed by atoms with Crippen LogP contribution in [0, 0.1) is 0 Å². The van der Waals surface area contributed by atoms with Gasteiger partial charge in [0.05, 0.1) is 30.1 Å². The van der Waals surface area contributed by atoms with E-state index in [1.807, 2.05) is 0 Å². The smallest absolute Gasteiger partial charge is 0.245 e. The van der Waals surface area contributed by atoms with E-state index < -0.39 is 30.1 Å². The predicted molar refractivity (Wildman–Crippen MR) is 89.1 cm³/mol. The van der Waals surface area contributed by atoms with Gasteiger partial charge in [-0.2, -0.15) is 3.71 Å². The summed E-state index contributed by atoms with van der Waals surface area (Å²) in [5.74, 6) is 0. The van der Waals surface area contributed by atoms with Gasteiger partial charge in [-0.05, 0) is 30.5 Å². The van der Waals surface area contributed by atoms with Crippen molar-refractivity contribution in [2.45, 2.75) is 12.8 Å². The number of anilines is 2. The van der Waals surface area contributed by atoms with Crippen LogP contribution in [0.4, 0.5) is 11.4 Å². The molecule has 1 aliphatic rings. The van der Waals surface area contributed by atoms with Crippen molar-refractivity contribution in [3.63, 3.8) is 0 Å². The molecule has 1 aromatic carbocycles. The quantitative estimate of drug-likeness (QED) is 0.732. The van der Waals surface area contributed by atoms with Crippen molar-refractivity contribution >= 4 is 41.4 Å². The Morgan fingerprint density at radius 2 is 1.52 bits per heavy atom. The molecule has 1 heterocycles. The second kappa shape index (κ2) is 5.64. The zero-order chi connectivity index (χ0) is 17.6. The zero-order valence-corrected chi connectivity index (χ0v) is 15.4.